The number of rotatable bonds is 3. The van der Waals surface area contributed by atoms with Crippen LogP contribution in [0.2, 0.25) is 5.02 Å². The van der Waals surface area contributed by atoms with Crippen molar-refractivity contribution in [3.05, 3.63) is 64.2 Å². The summed E-state index contributed by atoms with van der Waals surface area (Å²) in [4.78, 5) is 27.2. The number of amides is 2. The van der Waals surface area contributed by atoms with E-state index in [9.17, 15) is 9.59 Å². The average Bonchev–Trinajstić information content (AvgIpc) is 2.64. The van der Waals surface area contributed by atoms with Crippen LogP contribution in [-0.4, -0.2) is 29.8 Å². The second kappa shape index (κ2) is 7.92. The molecule has 136 valence electrons. The van der Waals surface area contributed by atoms with Crippen molar-refractivity contribution in [2.75, 3.05) is 18.4 Å². The van der Waals surface area contributed by atoms with Crippen molar-refractivity contribution in [1.82, 2.24) is 4.90 Å². The molecular formula is C21H23ClN2O2. The van der Waals surface area contributed by atoms with E-state index < -0.39 is 0 Å². The monoisotopic (exact) mass is 370 g/mol. The number of aryl methyl sites for hydroxylation is 2. The number of hydrogen-bond donors (Lipinski definition) is 1. The first kappa shape index (κ1) is 18.5. The molecule has 1 aliphatic rings. The first-order chi connectivity index (χ1) is 12.4. The number of carbonyl (C=O) groups excluding carboxylic acids is 2. The van der Waals surface area contributed by atoms with Gasteiger partial charge in [-0.15, -0.1) is 0 Å². The van der Waals surface area contributed by atoms with Crippen molar-refractivity contribution in [3.63, 3.8) is 0 Å². The summed E-state index contributed by atoms with van der Waals surface area (Å²) in [5.41, 5.74) is 3.54. The summed E-state index contributed by atoms with van der Waals surface area (Å²) in [6, 6.07) is 12.9. The average molecular weight is 371 g/mol. The molecule has 5 heteroatoms. The molecule has 1 N–H and O–H groups in total. The third kappa shape index (κ3) is 4.25. The highest BCUT2D eigenvalue weighted by molar-refractivity contribution is 6.30. The van der Waals surface area contributed by atoms with Gasteiger partial charge in [-0.2, -0.15) is 0 Å². The quantitative estimate of drug-likeness (QED) is 0.867. The summed E-state index contributed by atoms with van der Waals surface area (Å²) in [5, 5.41) is 3.57. The first-order valence-electron chi connectivity index (χ1n) is 8.87. The maximum atomic E-state index is 12.7. The Morgan fingerprint density at radius 2 is 1.96 bits per heavy atom. The topological polar surface area (TPSA) is 49.4 Å². The number of likely N-dealkylation sites (tertiary alicyclic amines) is 1. The SMILES string of the molecule is Cc1ccc(C)c(NC(=O)C2CCCN(C(=O)c3cccc(Cl)c3)C2)c1. The lowest BCUT2D eigenvalue weighted by Crippen LogP contribution is -2.43. The van der Waals surface area contributed by atoms with Gasteiger partial charge >= 0.3 is 0 Å². The van der Waals surface area contributed by atoms with Crippen molar-refractivity contribution >= 4 is 29.1 Å². The van der Waals surface area contributed by atoms with Crippen LogP contribution >= 0.6 is 11.6 Å². The zero-order valence-corrected chi connectivity index (χ0v) is 15.8. The van der Waals surface area contributed by atoms with E-state index >= 15 is 0 Å². The number of benzene rings is 2. The van der Waals surface area contributed by atoms with E-state index in [0.29, 0.717) is 23.7 Å². The van der Waals surface area contributed by atoms with E-state index in [4.69, 9.17) is 11.6 Å². The van der Waals surface area contributed by atoms with Crippen LogP contribution in [0.25, 0.3) is 0 Å². The fourth-order valence-corrected chi connectivity index (χ4v) is 3.48. The van der Waals surface area contributed by atoms with Gasteiger partial charge in [0.2, 0.25) is 5.91 Å². The molecule has 3 rings (SSSR count). The Morgan fingerprint density at radius 3 is 2.73 bits per heavy atom. The summed E-state index contributed by atoms with van der Waals surface area (Å²) in [6.07, 6.45) is 1.60. The van der Waals surface area contributed by atoms with Gasteiger partial charge in [0, 0.05) is 29.4 Å². The molecule has 1 saturated heterocycles. The first-order valence-corrected chi connectivity index (χ1v) is 9.25. The van der Waals surface area contributed by atoms with Crippen LogP contribution in [0.5, 0.6) is 0 Å². The van der Waals surface area contributed by atoms with Gasteiger partial charge in [-0.25, -0.2) is 0 Å². The molecule has 0 radical (unpaired) electrons. The van der Waals surface area contributed by atoms with E-state index in [0.717, 1.165) is 29.7 Å². The predicted octanol–water partition coefficient (Wildman–Crippen LogP) is 4.45. The van der Waals surface area contributed by atoms with E-state index in [1.54, 1.807) is 29.2 Å². The van der Waals surface area contributed by atoms with E-state index in [1.165, 1.54) is 0 Å². The van der Waals surface area contributed by atoms with Crippen molar-refractivity contribution in [1.29, 1.82) is 0 Å². The maximum Gasteiger partial charge on any atom is 0.253 e. The zero-order valence-electron chi connectivity index (χ0n) is 15.1. The Hall–Kier alpha value is -2.33. The summed E-state index contributed by atoms with van der Waals surface area (Å²) >= 11 is 5.99. The minimum absolute atomic E-state index is 0.0257. The van der Waals surface area contributed by atoms with Crippen molar-refractivity contribution < 1.29 is 9.59 Å². The molecule has 1 unspecified atom stereocenters. The van der Waals surface area contributed by atoms with Crippen LogP contribution in [0.4, 0.5) is 5.69 Å². The number of anilines is 1. The molecule has 0 aromatic heterocycles. The molecule has 1 aliphatic heterocycles. The smallest absolute Gasteiger partial charge is 0.253 e. The lowest BCUT2D eigenvalue weighted by Gasteiger charge is -2.32. The van der Waals surface area contributed by atoms with Crippen LogP contribution in [-0.2, 0) is 4.79 Å². The number of piperidine rings is 1. The van der Waals surface area contributed by atoms with Gasteiger partial charge < -0.3 is 10.2 Å². The summed E-state index contributed by atoms with van der Waals surface area (Å²) in [6.45, 7) is 5.08. The number of nitrogens with zero attached hydrogens (tertiary/aromatic N) is 1. The van der Waals surface area contributed by atoms with Crippen LogP contribution in [0.3, 0.4) is 0 Å². The molecule has 0 saturated carbocycles. The van der Waals surface area contributed by atoms with E-state index in [-0.39, 0.29) is 17.7 Å². The fraction of sp³-hybridized carbons (Fsp3) is 0.333. The number of nitrogens with one attached hydrogen (secondary N) is 1. The second-order valence-corrected chi connectivity index (χ2v) is 7.34. The molecule has 0 bridgehead atoms. The van der Waals surface area contributed by atoms with Gasteiger partial charge in [-0.1, -0.05) is 29.8 Å². The molecule has 4 nitrogen and oxygen atoms in total. The van der Waals surface area contributed by atoms with Gasteiger partial charge in [0.1, 0.15) is 0 Å². The van der Waals surface area contributed by atoms with Crippen LogP contribution in [0, 0.1) is 19.8 Å². The summed E-state index contributed by atoms with van der Waals surface area (Å²) in [5.74, 6) is -0.300. The Morgan fingerprint density at radius 1 is 1.15 bits per heavy atom. The largest absolute Gasteiger partial charge is 0.338 e. The molecule has 2 aromatic carbocycles. The van der Waals surface area contributed by atoms with Crippen LogP contribution in [0.15, 0.2) is 42.5 Å². The Labute approximate surface area is 159 Å². The second-order valence-electron chi connectivity index (χ2n) is 6.91. The van der Waals surface area contributed by atoms with E-state index in [1.807, 2.05) is 32.0 Å². The van der Waals surface area contributed by atoms with Gasteiger partial charge in [0.15, 0.2) is 0 Å². The normalized spacial score (nSPS) is 17.0. The molecular weight excluding hydrogens is 348 g/mol. The molecule has 26 heavy (non-hydrogen) atoms. The fourth-order valence-electron chi connectivity index (χ4n) is 3.29. The molecule has 1 fully saturated rings. The van der Waals surface area contributed by atoms with Crippen molar-refractivity contribution in [2.45, 2.75) is 26.7 Å². The summed E-state index contributed by atoms with van der Waals surface area (Å²) < 4.78 is 0. The summed E-state index contributed by atoms with van der Waals surface area (Å²) in [7, 11) is 0. The highest BCUT2D eigenvalue weighted by atomic mass is 35.5. The molecule has 1 atom stereocenters. The highest BCUT2D eigenvalue weighted by Crippen LogP contribution is 2.23. The Bertz CT molecular complexity index is 835. The highest BCUT2D eigenvalue weighted by Gasteiger charge is 2.29. The number of hydrogen-bond acceptors (Lipinski definition) is 2. The third-order valence-electron chi connectivity index (χ3n) is 4.80. The Kier molecular flexibility index (Phi) is 5.62. The molecule has 0 aliphatic carbocycles. The molecule has 2 aromatic rings. The van der Waals surface area contributed by atoms with Gasteiger partial charge in [0.05, 0.1) is 5.92 Å². The minimum Gasteiger partial charge on any atom is -0.338 e. The maximum absolute atomic E-state index is 12.7. The van der Waals surface area contributed by atoms with Crippen LogP contribution in [0.1, 0.15) is 34.3 Å². The van der Waals surface area contributed by atoms with Gasteiger partial charge in [-0.05, 0) is 62.1 Å². The van der Waals surface area contributed by atoms with Gasteiger partial charge in [0.25, 0.3) is 5.91 Å². The minimum atomic E-state index is -0.202. The number of halogens is 1. The Balaban J connectivity index is 1.68. The van der Waals surface area contributed by atoms with Crippen LogP contribution < -0.4 is 5.32 Å². The van der Waals surface area contributed by atoms with Gasteiger partial charge in [-0.3, -0.25) is 9.59 Å². The molecule has 2 amide bonds. The van der Waals surface area contributed by atoms with E-state index in [2.05, 4.69) is 5.32 Å². The standard InChI is InChI=1S/C21H23ClN2O2/c1-14-8-9-15(2)19(11-14)23-20(25)17-6-4-10-24(13-17)21(26)16-5-3-7-18(22)12-16/h3,5,7-9,11-12,17H,4,6,10,13H2,1-2H3,(H,23,25). The third-order valence-corrected chi connectivity index (χ3v) is 5.04. The van der Waals surface area contributed by atoms with Crippen molar-refractivity contribution in [2.24, 2.45) is 5.92 Å². The zero-order chi connectivity index (χ0) is 18.7. The predicted molar refractivity (Wildman–Crippen MR) is 105 cm³/mol. The molecule has 1 heterocycles. The lowest BCUT2D eigenvalue weighted by atomic mass is 9.96. The lowest BCUT2D eigenvalue weighted by molar-refractivity contribution is -0.121. The number of carbonyl (C=O) groups is 2. The van der Waals surface area contributed by atoms with Crippen molar-refractivity contribution in [3.8, 4) is 0 Å². The molecule has 0 spiro atoms.